The fourth-order valence-corrected chi connectivity index (χ4v) is 2.79. The van der Waals surface area contributed by atoms with E-state index >= 15 is 0 Å². The average Bonchev–Trinajstić information content (AvgIpc) is 2.64. The van der Waals surface area contributed by atoms with Gasteiger partial charge in [-0.3, -0.25) is 4.79 Å². The molecule has 1 heterocycles. The molecule has 0 aliphatic carbocycles. The van der Waals surface area contributed by atoms with E-state index in [-0.39, 0.29) is 0 Å². The van der Waals surface area contributed by atoms with E-state index in [2.05, 4.69) is 23.6 Å². The third kappa shape index (κ3) is 9.68. The molecule has 0 bridgehead atoms. The number of likely N-dealkylation sites (N-methyl/N-ethyl adjacent to an activating group) is 1. The number of benzene rings is 1. The van der Waals surface area contributed by atoms with Crippen LogP contribution in [0.5, 0.6) is 0 Å². The van der Waals surface area contributed by atoms with Gasteiger partial charge in [0, 0.05) is 13.7 Å². The van der Waals surface area contributed by atoms with Crippen LogP contribution in [0, 0.1) is 5.92 Å². The van der Waals surface area contributed by atoms with Crippen molar-refractivity contribution in [3.63, 3.8) is 0 Å². The van der Waals surface area contributed by atoms with Crippen LogP contribution in [0.4, 0.5) is 0 Å². The molecule has 0 amide bonds. The van der Waals surface area contributed by atoms with E-state index in [4.69, 9.17) is 4.74 Å². The molecule has 138 valence electrons. The van der Waals surface area contributed by atoms with Crippen LogP contribution in [-0.4, -0.2) is 44.7 Å². The highest BCUT2D eigenvalue weighted by molar-refractivity contribution is 5.37. The van der Waals surface area contributed by atoms with E-state index in [1.165, 1.54) is 25.8 Å². The second-order valence-corrected chi connectivity index (χ2v) is 5.77. The maximum Gasteiger partial charge on any atom is 0.293 e. The summed E-state index contributed by atoms with van der Waals surface area (Å²) in [5.74, 6) is 0.802. The molecule has 1 aromatic carbocycles. The lowest BCUT2D eigenvalue weighted by Crippen LogP contribution is -2.42. The van der Waals surface area contributed by atoms with E-state index in [1.807, 2.05) is 51.3 Å². The highest BCUT2D eigenvalue weighted by atomic mass is 16.5. The van der Waals surface area contributed by atoms with Gasteiger partial charge in [0.1, 0.15) is 6.61 Å². The topological polar surface area (TPSA) is 38.8 Å². The molecule has 0 saturated carbocycles. The van der Waals surface area contributed by atoms with Crippen LogP contribution in [0.1, 0.15) is 45.6 Å². The minimum atomic E-state index is 0.365. The van der Waals surface area contributed by atoms with Crippen molar-refractivity contribution in [3.05, 3.63) is 35.9 Å². The van der Waals surface area contributed by atoms with Gasteiger partial charge in [0.15, 0.2) is 0 Å². The quantitative estimate of drug-likeness (QED) is 0.731. The number of nitrogens with zero attached hydrogens (tertiary/aromatic N) is 1. The van der Waals surface area contributed by atoms with Crippen LogP contribution in [0.2, 0.25) is 0 Å². The van der Waals surface area contributed by atoms with Crippen molar-refractivity contribution < 1.29 is 14.3 Å². The summed E-state index contributed by atoms with van der Waals surface area (Å²) in [5, 5.41) is 0. The highest BCUT2D eigenvalue weighted by Gasteiger charge is 2.26. The van der Waals surface area contributed by atoms with Crippen LogP contribution in [0.3, 0.4) is 0 Å². The summed E-state index contributed by atoms with van der Waals surface area (Å²) in [6, 6.07) is 9.55. The van der Waals surface area contributed by atoms with Crippen LogP contribution in [0.15, 0.2) is 30.3 Å². The third-order valence-electron chi connectivity index (χ3n) is 4.02. The molecule has 4 heteroatoms. The number of hydrogen-bond acceptors (Lipinski definition) is 4. The smallest absolute Gasteiger partial charge is 0.293 e. The first kappa shape index (κ1) is 22.6. The van der Waals surface area contributed by atoms with E-state index in [0.717, 1.165) is 18.0 Å². The van der Waals surface area contributed by atoms with Crippen LogP contribution < -0.4 is 0 Å². The maximum atomic E-state index is 9.76. The average molecular weight is 338 g/mol. The number of likely N-dealkylation sites (tertiary alicyclic amines) is 1. The zero-order chi connectivity index (χ0) is 18.2. The Morgan fingerprint density at radius 1 is 1.25 bits per heavy atom. The highest BCUT2D eigenvalue weighted by Crippen LogP contribution is 2.23. The molecular formula is C20H35NO3. The molecule has 0 aromatic heterocycles. The molecule has 2 atom stereocenters. The fraction of sp³-hybridized carbons (Fsp3) is 0.650. The molecule has 1 aliphatic heterocycles. The summed E-state index contributed by atoms with van der Waals surface area (Å²) >= 11 is 0. The molecule has 2 rings (SSSR count). The molecule has 24 heavy (non-hydrogen) atoms. The number of carbonyl (C=O) groups is 1. The zero-order valence-electron chi connectivity index (χ0n) is 16.0. The Morgan fingerprint density at radius 3 is 2.46 bits per heavy atom. The lowest BCUT2D eigenvalue weighted by Gasteiger charge is -2.35. The van der Waals surface area contributed by atoms with Gasteiger partial charge in [-0.05, 0) is 37.9 Å². The Hall–Kier alpha value is -1.39. The van der Waals surface area contributed by atoms with Gasteiger partial charge in [0.05, 0.1) is 6.10 Å². The lowest BCUT2D eigenvalue weighted by atomic mass is 9.90. The SMILES string of the molecule is CC.CCCC1CCN(C)CC1OC.O=COCc1ccccc1. The number of rotatable bonds is 6. The predicted molar refractivity (Wildman–Crippen MR) is 100.0 cm³/mol. The number of piperidine rings is 1. The molecule has 4 nitrogen and oxygen atoms in total. The molecular weight excluding hydrogens is 302 g/mol. The Morgan fingerprint density at radius 2 is 1.92 bits per heavy atom. The zero-order valence-corrected chi connectivity index (χ0v) is 16.0. The Labute approximate surface area is 148 Å². The standard InChI is InChI=1S/C10H21NO.C8H8O2.C2H6/c1-4-5-9-6-7-11(2)8-10(9)12-3;9-7-10-6-8-4-2-1-3-5-8;1-2/h9-10H,4-8H2,1-3H3;1-5,7H,6H2;1-2H3. The normalized spacial score (nSPS) is 20.0. The van der Waals surface area contributed by atoms with Crippen molar-refractivity contribution in [2.45, 2.75) is 52.7 Å². The van der Waals surface area contributed by atoms with Gasteiger partial charge < -0.3 is 14.4 Å². The van der Waals surface area contributed by atoms with Gasteiger partial charge in [0.25, 0.3) is 6.47 Å². The summed E-state index contributed by atoms with van der Waals surface area (Å²) < 4.78 is 10.0. The minimum absolute atomic E-state index is 0.365. The molecule has 0 spiro atoms. The van der Waals surface area contributed by atoms with Gasteiger partial charge in [0.2, 0.25) is 0 Å². The van der Waals surface area contributed by atoms with Crippen molar-refractivity contribution in [2.24, 2.45) is 5.92 Å². The first-order valence-electron chi connectivity index (χ1n) is 9.01. The molecule has 1 aliphatic rings. The van der Waals surface area contributed by atoms with Crippen LogP contribution in [0.25, 0.3) is 0 Å². The fourth-order valence-electron chi connectivity index (χ4n) is 2.79. The molecule has 0 N–H and O–H groups in total. The third-order valence-corrected chi connectivity index (χ3v) is 4.02. The van der Waals surface area contributed by atoms with Crippen LogP contribution in [-0.2, 0) is 20.9 Å². The number of methoxy groups -OCH3 is 1. The molecule has 1 saturated heterocycles. The maximum absolute atomic E-state index is 9.76. The number of ether oxygens (including phenoxy) is 2. The second-order valence-electron chi connectivity index (χ2n) is 5.77. The molecule has 1 aromatic rings. The minimum Gasteiger partial charge on any atom is -0.463 e. The van der Waals surface area contributed by atoms with Crippen molar-refractivity contribution in [1.29, 1.82) is 0 Å². The van der Waals surface area contributed by atoms with Crippen molar-refractivity contribution in [2.75, 3.05) is 27.2 Å². The van der Waals surface area contributed by atoms with Gasteiger partial charge >= 0.3 is 0 Å². The number of carbonyl (C=O) groups excluding carboxylic acids is 1. The second kappa shape index (κ2) is 15.2. The summed E-state index contributed by atoms with van der Waals surface area (Å²) in [6.45, 7) is 9.42. The van der Waals surface area contributed by atoms with Gasteiger partial charge in [-0.2, -0.15) is 0 Å². The van der Waals surface area contributed by atoms with E-state index in [9.17, 15) is 4.79 Å². The van der Waals surface area contributed by atoms with E-state index < -0.39 is 0 Å². The van der Waals surface area contributed by atoms with Crippen molar-refractivity contribution in [3.8, 4) is 0 Å². The lowest BCUT2D eigenvalue weighted by molar-refractivity contribution is -0.129. The van der Waals surface area contributed by atoms with Gasteiger partial charge in [-0.25, -0.2) is 0 Å². The summed E-state index contributed by atoms with van der Waals surface area (Å²) in [6.07, 6.45) is 4.40. The largest absolute Gasteiger partial charge is 0.463 e. The molecule has 1 fully saturated rings. The Balaban J connectivity index is 0.000000405. The van der Waals surface area contributed by atoms with E-state index in [0.29, 0.717) is 19.2 Å². The molecule has 2 unspecified atom stereocenters. The first-order valence-corrected chi connectivity index (χ1v) is 9.01. The summed E-state index contributed by atoms with van der Waals surface area (Å²) in [5.41, 5.74) is 1.01. The molecule has 0 radical (unpaired) electrons. The van der Waals surface area contributed by atoms with Gasteiger partial charge in [-0.15, -0.1) is 0 Å². The van der Waals surface area contributed by atoms with Crippen LogP contribution >= 0.6 is 0 Å². The Bertz CT molecular complexity index is 397. The Kier molecular flexibility index (Phi) is 14.3. The monoisotopic (exact) mass is 337 g/mol. The predicted octanol–water partition coefficient (Wildman–Crippen LogP) is 4.14. The summed E-state index contributed by atoms with van der Waals surface area (Å²) in [4.78, 5) is 12.1. The van der Waals surface area contributed by atoms with E-state index in [1.54, 1.807) is 0 Å². The van der Waals surface area contributed by atoms with Crippen molar-refractivity contribution >= 4 is 6.47 Å². The van der Waals surface area contributed by atoms with Crippen molar-refractivity contribution in [1.82, 2.24) is 4.90 Å². The summed E-state index contributed by atoms with van der Waals surface area (Å²) in [7, 11) is 4.01. The number of hydrogen-bond donors (Lipinski definition) is 0. The first-order chi connectivity index (χ1) is 11.7. The van der Waals surface area contributed by atoms with Gasteiger partial charge in [-0.1, -0.05) is 57.5 Å².